The summed E-state index contributed by atoms with van der Waals surface area (Å²) in [5, 5.41) is 11.3. The molecule has 2 aliphatic rings. The lowest BCUT2D eigenvalue weighted by atomic mass is 9.81. The van der Waals surface area contributed by atoms with Gasteiger partial charge >= 0.3 is 0 Å². The molecule has 1 fully saturated rings. The molecule has 2 heterocycles. The molecule has 1 amide bonds. The van der Waals surface area contributed by atoms with Gasteiger partial charge in [0.15, 0.2) is 5.69 Å². The van der Waals surface area contributed by atoms with Crippen LogP contribution in [0.15, 0.2) is 24.3 Å². The van der Waals surface area contributed by atoms with E-state index in [9.17, 15) is 4.79 Å². The fourth-order valence-corrected chi connectivity index (χ4v) is 4.10. The zero-order chi connectivity index (χ0) is 18.1. The molecule has 1 saturated heterocycles. The molecule has 2 N–H and O–H groups in total. The molecule has 1 aromatic heterocycles. The van der Waals surface area contributed by atoms with Gasteiger partial charge in [-0.15, -0.1) is 12.4 Å². The van der Waals surface area contributed by atoms with E-state index in [0.717, 1.165) is 63.0 Å². The van der Waals surface area contributed by atoms with E-state index in [1.807, 2.05) is 4.68 Å². The molecular formula is C21H29ClN4O. The largest absolute Gasteiger partial charge is 0.350 e. The first kappa shape index (κ1) is 19.9. The zero-order valence-corrected chi connectivity index (χ0v) is 17.0. The van der Waals surface area contributed by atoms with Gasteiger partial charge in [0.1, 0.15) is 0 Å². The van der Waals surface area contributed by atoms with Crippen molar-refractivity contribution < 1.29 is 4.79 Å². The SMILES string of the molecule is Cc1ccc(-n2nc(C(=O)NCC3(C)CCNCC3)c3c2CCC3)cc1.Cl. The van der Waals surface area contributed by atoms with Crippen LogP contribution >= 0.6 is 12.4 Å². The Kier molecular flexibility index (Phi) is 5.92. The summed E-state index contributed by atoms with van der Waals surface area (Å²) in [5.74, 6) is -0.0197. The number of piperidine rings is 1. The van der Waals surface area contributed by atoms with E-state index in [0.29, 0.717) is 5.69 Å². The molecule has 1 aromatic carbocycles. The van der Waals surface area contributed by atoms with Crippen LogP contribution in [0.1, 0.15) is 53.5 Å². The lowest BCUT2D eigenvalue weighted by Crippen LogP contribution is -2.43. The highest BCUT2D eigenvalue weighted by Crippen LogP contribution is 2.29. The average molecular weight is 389 g/mol. The minimum Gasteiger partial charge on any atom is -0.350 e. The molecule has 27 heavy (non-hydrogen) atoms. The summed E-state index contributed by atoms with van der Waals surface area (Å²) in [5.41, 5.74) is 5.41. The Bertz CT molecular complexity index is 806. The van der Waals surface area contributed by atoms with E-state index in [-0.39, 0.29) is 23.7 Å². The third-order valence-corrected chi connectivity index (χ3v) is 5.91. The maximum atomic E-state index is 12.9. The van der Waals surface area contributed by atoms with Crippen LogP contribution in [0.2, 0.25) is 0 Å². The van der Waals surface area contributed by atoms with Crippen molar-refractivity contribution in [1.82, 2.24) is 20.4 Å². The first-order valence-corrected chi connectivity index (χ1v) is 9.72. The number of amides is 1. The zero-order valence-electron chi connectivity index (χ0n) is 16.2. The summed E-state index contributed by atoms with van der Waals surface area (Å²) < 4.78 is 1.98. The highest BCUT2D eigenvalue weighted by molar-refractivity contribution is 5.94. The van der Waals surface area contributed by atoms with E-state index in [4.69, 9.17) is 5.10 Å². The molecule has 2 aromatic rings. The molecule has 146 valence electrons. The Morgan fingerprint density at radius 2 is 1.93 bits per heavy atom. The highest BCUT2D eigenvalue weighted by atomic mass is 35.5. The summed E-state index contributed by atoms with van der Waals surface area (Å²) in [6, 6.07) is 8.35. The van der Waals surface area contributed by atoms with Gasteiger partial charge in [0.2, 0.25) is 0 Å². The van der Waals surface area contributed by atoms with Gasteiger partial charge in [-0.1, -0.05) is 24.6 Å². The van der Waals surface area contributed by atoms with Crippen LogP contribution in [0, 0.1) is 12.3 Å². The second kappa shape index (κ2) is 8.03. The number of halogens is 1. The van der Waals surface area contributed by atoms with Crippen LogP contribution in [0.5, 0.6) is 0 Å². The Hall–Kier alpha value is -1.85. The van der Waals surface area contributed by atoms with Gasteiger partial charge < -0.3 is 10.6 Å². The first-order valence-electron chi connectivity index (χ1n) is 9.72. The molecular weight excluding hydrogens is 360 g/mol. The van der Waals surface area contributed by atoms with Crippen LogP contribution in [0.25, 0.3) is 5.69 Å². The Morgan fingerprint density at radius 3 is 2.63 bits per heavy atom. The fourth-order valence-electron chi connectivity index (χ4n) is 4.10. The van der Waals surface area contributed by atoms with E-state index in [2.05, 4.69) is 48.7 Å². The van der Waals surface area contributed by atoms with Gasteiger partial charge in [-0.05, 0) is 69.7 Å². The lowest BCUT2D eigenvalue weighted by Gasteiger charge is -2.34. The summed E-state index contributed by atoms with van der Waals surface area (Å²) >= 11 is 0. The van der Waals surface area contributed by atoms with Crippen molar-refractivity contribution in [2.24, 2.45) is 5.41 Å². The van der Waals surface area contributed by atoms with Gasteiger partial charge in [0, 0.05) is 17.8 Å². The molecule has 0 bridgehead atoms. The Balaban J connectivity index is 0.00000210. The van der Waals surface area contributed by atoms with Crippen molar-refractivity contribution in [3.63, 3.8) is 0 Å². The molecule has 1 aliphatic heterocycles. The van der Waals surface area contributed by atoms with Crippen molar-refractivity contribution >= 4 is 18.3 Å². The van der Waals surface area contributed by atoms with Crippen molar-refractivity contribution in [2.45, 2.75) is 46.0 Å². The van der Waals surface area contributed by atoms with Gasteiger partial charge in [-0.3, -0.25) is 4.79 Å². The number of carbonyl (C=O) groups is 1. The normalized spacial score (nSPS) is 17.9. The number of hydrogen-bond donors (Lipinski definition) is 2. The van der Waals surface area contributed by atoms with E-state index in [1.54, 1.807) is 0 Å². The van der Waals surface area contributed by atoms with E-state index >= 15 is 0 Å². The number of hydrogen-bond acceptors (Lipinski definition) is 3. The minimum atomic E-state index is -0.0197. The topological polar surface area (TPSA) is 59.0 Å². The van der Waals surface area contributed by atoms with Crippen LogP contribution < -0.4 is 10.6 Å². The van der Waals surface area contributed by atoms with Crippen molar-refractivity contribution in [3.8, 4) is 5.69 Å². The highest BCUT2D eigenvalue weighted by Gasteiger charge is 2.30. The monoisotopic (exact) mass is 388 g/mol. The number of fused-ring (bicyclic) bond motifs is 1. The maximum Gasteiger partial charge on any atom is 0.272 e. The number of benzene rings is 1. The summed E-state index contributed by atoms with van der Waals surface area (Å²) in [4.78, 5) is 12.9. The van der Waals surface area contributed by atoms with Gasteiger partial charge in [0.05, 0.1) is 5.69 Å². The molecule has 0 saturated carbocycles. The summed E-state index contributed by atoms with van der Waals surface area (Å²) in [7, 11) is 0. The maximum absolute atomic E-state index is 12.9. The quantitative estimate of drug-likeness (QED) is 0.845. The van der Waals surface area contributed by atoms with Gasteiger partial charge in [-0.2, -0.15) is 5.10 Å². The molecule has 0 spiro atoms. The minimum absolute atomic E-state index is 0. The van der Waals surface area contributed by atoms with Crippen molar-refractivity contribution in [3.05, 3.63) is 46.8 Å². The number of nitrogens with one attached hydrogen (secondary N) is 2. The van der Waals surface area contributed by atoms with E-state index < -0.39 is 0 Å². The Labute approximate surface area is 167 Å². The number of rotatable bonds is 4. The first-order chi connectivity index (χ1) is 12.6. The predicted molar refractivity (Wildman–Crippen MR) is 110 cm³/mol. The molecule has 0 unspecified atom stereocenters. The lowest BCUT2D eigenvalue weighted by molar-refractivity contribution is 0.0916. The summed E-state index contributed by atoms with van der Waals surface area (Å²) in [6.45, 7) is 7.13. The number of aryl methyl sites for hydroxylation is 1. The average Bonchev–Trinajstić information content (AvgIpc) is 3.24. The van der Waals surface area contributed by atoms with Crippen LogP contribution in [0.4, 0.5) is 0 Å². The third-order valence-electron chi connectivity index (χ3n) is 5.91. The number of aromatic nitrogens is 2. The van der Waals surface area contributed by atoms with Crippen molar-refractivity contribution in [1.29, 1.82) is 0 Å². The molecule has 0 radical (unpaired) electrons. The van der Waals surface area contributed by atoms with Gasteiger partial charge in [0.25, 0.3) is 5.91 Å². The second-order valence-corrected chi connectivity index (χ2v) is 8.12. The van der Waals surface area contributed by atoms with Gasteiger partial charge in [-0.25, -0.2) is 4.68 Å². The van der Waals surface area contributed by atoms with Crippen LogP contribution in [0.3, 0.4) is 0 Å². The molecule has 1 aliphatic carbocycles. The molecule has 0 atom stereocenters. The second-order valence-electron chi connectivity index (χ2n) is 8.12. The Morgan fingerprint density at radius 1 is 1.22 bits per heavy atom. The summed E-state index contributed by atoms with van der Waals surface area (Å²) in [6.07, 6.45) is 5.24. The fraction of sp³-hybridized carbons (Fsp3) is 0.524. The predicted octanol–water partition coefficient (Wildman–Crippen LogP) is 3.21. The third kappa shape index (κ3) is 4.04. The standard InChI is InChI=1S/C21H28N4O.ClH/c1-15-6-8-16(9-7-15)25-18-5-3-4-17(18)19(24-25)20(26)23-14-21(2)10-12-22-13-11-21;/h6-9,22H,3-5,10-14H2,1-2H3,(H,23,26);1H. The molecule has 6 heteroatoms. The van der Waals surface area contributed by atoms with Crippen LogP contribution in [-0.2, 0) is 12.8 Å². The molecule has 5 nitrogen and oxygen atoms in total. The smallest absolute Gasteiger partial charge is 0.272 e. The van der Waals surface area contributed by atoms with E-state index in [1.165, 1.54) is 11.3 Å². The number of carbonyl (C=O) groups excluding carboxylic acids is 1. The van der Waals surface area contributed by atoms with Crippen molar-refractivity contribution in [2.75, 3.05) is 19.6 Å². The molecule has 4 rings (SSSR count). The number of nitrogens with zero attached hydrogens (tertiary/aromatic N) is 2. The van der Waals surface area contributed by atoms with Crippen LogP contribution in [-0.4, -0.2) is 35.3 Å².